The summed E-state index contributed by atoms with van der Waals surface area (Å²) >= 11 is 5.88. The van der Waals surface area contributed by atoms with Crippen molar-refractivity contribution < 1.29 is 0 Å². The molecule has 1 atom stereocenters. The van der Waals surface area contributed by atoms with Crippen LogP contribution in [0.15, 0.2) is 22.8 Å². The maximum atomic E-state index is 5.88. The van der Waals surface area contributed by atoms with Crippen molar-refractivity contribution in [1.82, 2.24) is 0 Å². The minimum atomic E-state index is 0.537. The molecule has 0 bridgehead atoms. The molecule has 0 spiro atoms. The predicted molar refractivity (Wildman–Crippen MR) is 41.5 cm³/mol. The van der Waals surface area contributed by atoms with Crippen molar-refractivity contribution in [1.29, 1.82) is 0 Å². The van der Waals surface area contributed by atoms with E-state index < -0.39 is 0 Å². The maximum Gasteiger partial charge on any atom is 0.0214 e. The van der Waals surface area contributed by atoms with Gasteiger partial charge in [0.05, 0.1) is 0 Å². The molecule has 0 heterocycles. The van der Waals surface area contributed by atoms with Crippen molar-refractivity contribution in [3.63, 3.8) is 0 Å². The number of rotatable bonds is 0. The molecule has 0 amide bonds. The molecule has 0 nitrogen and oxygen atoms in total. The molecule has 9 heavy (non-hydrogen) atoms. The van der Waals surface area contributed by atoms with Crippen LogP contribution in [0.1, 0.15) is 20.3 Å². The average Bonchev–Trinajstić information content (AvgIpc) is 1.80. The van der Waals surface area contributed by atoms with E-state index in [0.29, 0.717) is 5.92 Å². The maximum absolute atomic E-state index is 5.88. The van der Waals surface area contributed by atoms with Crippen LogP contribution in [0.5, 0.6) is 0 Å². The van der Waals surface area contributed by atoms with Crippen molar-refractivity contribution in [2.24, 2.45) is 5.92 Å². The van der Waals surface area contributed by atoms with Gasteiger partial charge < -0.3 is 0 Å². The van der Waals surface area contributed by atoms with Crippen LogP contribution in [0.4, 0.5) is 0 Å². The summed E-state index contributed by atoms with van der Waals surface area (Å²) in [4.78, 5) is 0. The molecule has 1 aliphatic rings. The summed E-state index contributed by atoms with van der Waals surface area (Å²) in [5.41, 5.74) is 1.29. The lowest BCUT2D eigenvalue weighted by Gasteiger charge is -2.12. The molecule has 1 rings (SSSR count). The first kappa shape index (κ1) is 6.88. The quantitative estimate of drug-likeness (QED) is 0.488. The van der Waals surface area contributed by atoms with E-state index in [4.69, 9.17) is 11.6 Å². The fourth-order valence-corrected chi connectivity index (χ4v) is 1.16. The van der Waals surface area contributed by atoms with Gasteiger partial charge in [-0.1, -0.05) is 30.2 Å². The minimum Gasteiger partial charge on any atom is -0.0888 e. The zero-order chi connectivity index (χ0) is 6.85. The van der Waals surface area contributed by atoms with Crippen LogP contribution in [0.3, 0.4) is 0 Å². The smallest absolute Gasteiger partial charge is 0.0214 e. The van der Waals surface area contributed by atoms with E-state index in [1.54, 1.807) is 0 Å². The number of hydrogen-bond donors (Lipinski definition) is 0. The highest BCUT2D eigenvalue weighted by atomic mass is 35.5. The Hall–Kier alpha value is -0.230. The Morgan fingerprint density at radius 1 is 1.67 bits per heavy atom. The summed E-state index contributed by atoms with van der Waals surface area (Å²) in [7, 11) is 0. The molecule has 0 saturated carbocycles. The largest absolute Gasteiger partial charge is 0.0888 e. The lowest BCUT2D eigenvalue weighted by molar-refractivity contribution is 0.715. The second-order valence-corrected chi connectivity index (χ2v) is 3.05. The van der Waals surface area contributed by atoms with E-state index in [0.717, 1.165) is 11.5 Å². The molecule has 1 aliphatic carbocycles. The summed E-state index contributed by atoms with van der Waals surface area (Å²) in [6.07, 6.45) is 5.35. The lowest BCUT2D eigenvalue weighted by Crippen LogP contribution is -1.97. The van der Waals surface area contributed by atoms with Gasteiger partial charge in [-0.15, -0.1) is 0 Å². The highest BCUT2D eigenvalue weighted by molar-refractivity contribution is 6.30. The van der Waals surface area contributed by atoms with E-state index >= 15 is 0 Å². The van der Waals surface area contributed by atoms with Gasteiger partial charge in [-0.2, -0.15) is 0 Å². The first-order chi connectivity index (χ1) is 4.20. The lowest BCUT2D eigenvalue weighted by atomic mass is 9.99. The Balaban J connectivity index is 2.74. The van der Waals surface area contributed by atoms with Crippen LogP contribution in [0.2, 0.25) is 0 Å². The van der Waals surface area contributed by atoms with Crippen molar-refractivity contribution >= 4 is 11.6 Å². The van der Waals surface area contributed by atoms with Gasteiger partial charge in [-0.25, -0.2) is 0 Å². The van der Waals surface area contributed by atoms with E-state index in [9.17, 15) is 0 Å². The third-order valence-corrected chi connectivity index (χ3v) is 2.11. The van der Waals surface area contributed by atoms with Gasteiger partial charge in [0.2, 0.25) is 0 Å². The normalized spacial score (nSPS) is 27.2. The molecular weight excluding hydrogens is 132 g/mol. The Labute approximate surface area is 61.2 Å². The molecule has 50 valence electrons. The van der Waals surface area contributed by atoms with Crippen LogP contribution in [0.25, 0.3) is 0 Å². The van der Waals surface area contributed by atoms with Gasteiger partial charge >= 0.3 is 0 Å². The van der Waals surface area contributed by atoms with Gasteiger partial charge in [0.25, 0.3) is 0 Å². The number of allylic oxidation sites excluding steroid dienone is 4. The predicted octanol–water partition coefficient (Wildman–Crippen LogP) is 3.10. The van der Waals surface area contributed by atoms with E-state index in [2.05, 4.69) is 19.9 Å². The SMILES string of the molecule is CC1=CCC(C)C(Cl)=C1. The molecule has 0 N–H and O–H groups in total. The molecule has 0 fully saturated rings. The zero-order valence-electron chi connectivity index (χ0n) is 5.82. The van der Waals surface area contributed by atoms with Crippen LogP contribution in [0, 0.1) is 5.92 Å². The van der Waals surface area contributed by atoms with Crippen molar-refractivity contribution in [2.45, 2.75) is 20.3 Å². The average molecular weight is 143 g/mol. The highest BCUT2D eigenvalue weighted by Crippen LogP contribution is 2.25. The molecule has 0 aliphatic heterocycles. The Morgan fingerprint density at radius 2 is 2.33 bits per heavy atom. The van der Waals surface area contributed by atoms with Crippen LogP contribution in [-0.2, 0) is 0 Å². The van der Waals surface area contributed by atoms with E-state index in [1.807, 2.05) is 6.08 Å². The summed E-state index contributed by atoms with van der Waals surface area (Å²) < 4.78 is 0. The molecule has 0 saturated heterocycles. The second-order valence-electron chi connectivity index (χ2n) is 2.61. The topological polar surface area (TPSA) is 0 Å². The van der Waals surface area contributed by atoms with Gasteiger partial charge in [0.15, 0.2) is 0 Å². The van der Waals surface area contributed by atoms with Gasteiger partial charge in [-0.05, 0) is 25.3 Å². The monoisotopic (exact) mass is 142 g/mol. The van der Waals surface area contributed by atoms with Crippen molar-refractivity contribution in [2.75, 3.05) is 0 Å². The summed E-state index contributed by atoms with van der Waals surface area (Å²) in [5.74, 6) is 0.537. The Morgan fingerprint density at radius 3 is 2.78 bits per heavy atom. The first-order valence-electron chi connectivity index (χ1n) is 3.24. The second kappa shape index (κ2) is 2.57. The van der Waals surface area contributed by atoms with E-state index in [1.165, 1.54) is 5.57 Å². The fraction of sp³-hybridized carbons (Fsp3) is 0.500. The first-order valence-corrected chi connectivity index (χ1v) is 3.62. The Bertz CT molecular complexity index is 165. The number of hydrogen-bond acceptors (Lipinski definition) is 0. The van der Waals surface area contributed by atoms with Crippen LogP contribution < -0.4 is 0 Å². The van der Waals surface area contributed by atoms with Crippen molar-refractivity contribution in [3.05, 3.63) is 22.8 Å². The van der Waals surface area contributed by atoms with Gasteiger partial charge in [0, 0.05) is 5.03 Å². The molecule has 1 unspecified atom stereocenters. The molecule has 0 aromatic rings. The fourth-order valence-electron chi connectivity index (χ4n) is 0.894. The summed E-state index contributed by atoms with van der Waals surface area (Å²) in [5, 5.41) is 0.995. The van der Waals surface area contributed by atoms with E-state index in [-0.39, 0.29) is 0 Å². The molecule has 0 radical (unpaired) electrons. The highest BCUT2D eigenvalue weighted by Gasteiger charge is 2.08. The third kappa shape index (κ3) is 1.59. The minimum absolute atomic E-state index is 0.537. The van der Waals surface area contributed by atoms with Crippen molar-refractivity contribution in [3.8, 4) is 0 Å². The zero-order valence-corrected chi connectivity index (χ0v) is 6.57. The Kier molecular flexibility index (Phi) is 1.97. The van der Waals surface area contributed by atoms with Crippen LogP contribution in [-0.4, -0.2) is 0 Å². The molecule has 0 aromatic heterocycles. The van der Waals surface area contributed by atoms with Gasteiger partial charge in [-0.3, -0.25) is 0 Å². The summed E-state index contributed by atoms with van der Waals surface area (Å²) in [6.45, 7) is 4.22. The standard InChI is InChI=1S/C8H11Cl/c1-6-3-4-7(2)8(9)5-6/h3,5,7H,4H2,1-2H3. The summed E-state index contributed by atoms with van der Waals surface area (Å²) in [6, 6.07) is 0. The molecular formula is C8H11Cl. The van der Waals surface area contributed by atoms with Crippen LogP contribution >= 0.6 is 11.6 Å². The third-order valence-electron chi connectivity index (χ3n) is 1.63. The molecule has 0 aromatic carbocycles. The van der Waals surface area contributed by atoms with Gasteiger partial charge in [0.1, 0.15) is 0 Å². The number of halogens is 1. The molecule has 1 heteroatoms.